The summed E-state index contributed by atoms with van der Waals surface area (Å²) in [4.78, 5) is 69.1. The van der Waals surface area contributed by atoms with Gasteiger partial charge in [-0.05, 0) is 61.2 Å². The molecular formula is C33H53N5O6S. The van der Waals surface area contributed by atoms with Crippen LogP contribution in [0.25, 0.3) is 0 Å². The molecule has 45 heavy (non-hydrogen) atoms. The third-order valence-electron chi connectivity index (χ3n) is 11.1. The normalized spacial score (nSPS) is 31.0. The molecule has 7 atom stereocenters. The summed E-state index contributed by atoms with van der Waals surface area (Å²) < 4.78 is 12.6. The highest BCUT2D eigenvalue weighted by molar-refractivity contribution is 7.87. The molecule has 3 aliphatic carbocycles. The number of rotatable bonds is 11. The Bertz CT molecular complexity index is 1240. The monoisotopic (exact) mass is 647 g/mol. The van der Waals surface area contributed by atoms with Crippen LogP contribution in [-0.2, 0) is 30.0 Å². The summed E-state index contributed by atoms with van der Waals surface area (Å²) in [6, 6.07) is -3.12. The van der Waals surface area contributed by atoms with Crippen LogP contribution < -0.4 is 21.3 Å². The average molecular weight is 648 g/mol. The largest absolute Gasteiger partial charge is 0.347 e. The van der Waals surface area contributed by atoms with E-state index >= 15 is 0 Å². The molecule has 5 amide bonds. The predicted molar refractivity (Wildman–Crippen MR) is 171 cm³/mol. The minimum atomic E-state index is -0.967. The van der Waals surface area contributed by atoms with E-state index in [1.165, 1.54) is 0 Å². The Morgan fingerprint density at radius 2 is 1.64 bits per heavy atom. The number of ketones is 1. The van der Waals surface area contributed by atoms with Crippen LogP contribution in [0.1, 0.15) is 106 Å². The van der Waals surface area contributed by atoms with E-state index in [1.54, 1.807) is 4.90 Å². The van der Waals surface area contributed by atoms with Gasteiger partial charge in [-0.25, -0.2) is 4.79 Å². The second-order valence-electron chi connectivity index (χ2n) is 15.8. The number of urea groups is 1. The first-order valence-corrected chi connectivity index (χ1v) is 18.4. The molecule has 12 heteroatoms. The van der Waals surface area contributed by atoms with E-state index in [2.05, 4.69) is 35.1 Å². The van der Waals surface area contributed by atoms with Crippen molar-refractivity contribution in [3.8, 4) is 0 Å². The molecular weight excluding hydrogens is 594 g/mol. The van der Waals surface area contributed by atoms with Gasteiger partial charge in [-0.15, -0.1) is 0 Å². The van der Waals surface area contributed by atoms with Crippen molar-refractivity contribution in [2.75, 3.05) is 12.3 Å². The highest BCUT2D eigenvalue weighted by Crippen LogP contribution is 2.65. The van der Waals surface area contributed by atoms with Gasteiger partial charge >= 0.3 is 6.03 Å². The molecule has 5 rings (SSSR count). The SMILES string of the molecule is CCC[C@H](NC(=O)[C@@H]1[C@@H]2[C@H](CN1C(=O)[C@@H](NC(=O)NC1([C@@H]3CCS3=O)CCCCC1)C(C)(C)C)C2(C)C)C(=O)C(=O)NC1CC1. The Balaban J connectivity index is 1.32. The van der Waals surface area contributed by atoms with Crippen molar-refractivity contribution >= 4 is 40.3 Å². The highest BCUT2D eigenvalue weighted by atomic mass is 32.2. The van der Waals surface area contributed by atoms with Crippen molar-refractivity contribution in [3.63, 3.8) is 0 Å². The average Bonchev–Trinajstić information content (AvgIpc) is 3.81. The van der Waals surface area contributed by atoms with Gasteiger partial charge in [-0.3, -0.25) is 23.4 Å². The van der Waals surface area contributed by atoms with Crippen molar-refractivity contribution in [2.24, 2.45) is 22.7 Å². The van der Waals surface area contributed by atoms with Gasteiger partial charge in [0.05, 0.1) is 16.8 Å². The molecule has 0 aromatic heterocycles. The number of carbonyl (C=O) groups excluding carboxylic acids is 5. The quantitative estimate of drug-likeness (QED) is 0.253. The minimum absolute atomic E-state index is 0.0262. The van der Waals surface area contributed by atoms with Gasteiger partial charge in [0.2, 0.25) is 17.6 Å². The summed E-state index contributed by atoms with van der Waals surface area (Å²) in [5.74, 6) is -1.42. The van der Waals surface area contributed by atoms with Crippen LogP contribution >= 0.6 is 0 Å². The molecule has 0 aromatic carbocycles. The summed E-state index contributed by atoms with van der Waals surface area (Å²) in [6.07, 6.45) is 7.99. The fourth-order valence-electron chi connectivity index (χ4n) is 8.05. The van der Waals surface area contributed by atoms with Crippen LogP contribution in [0.5, 0.6) is 0 Å². The number of carbonyl (C=O) groups is 5. The van der Waals surface area contributed by atoms with Gasteiger partial charge in [0.15, 0.2) is 0 Å². The molecule has 0 spiro atoms. The molecule has 1 unspecified atom stereocenters. The maximum absolute atomic E-state index is 14.4. The van der Waals surface area contributed by atoms with E-state index in [4.69, 9.17) is 0 Å². The molecule has 0 bridgehead atoms. The number of nitrogens with zero attached hydrogens (tertiary/aromatic N) is 1. The van der Waals surface area contributed by atoms with Gasteiger partial charge in [0, 0.05) is 29.1 Å². The molecule has 5 aliphatic rings. The van der Waals surface area contributed by atoms with E-state index in [-0.39, 0.29) is 34.4 Å². The molecule has 4 N–H and O–H groups in total. The van der Waals surface area contributed by atoms with Crippen LogP contribution in [0.15, 0.2) is 0 Å². The molecule has 2 saturated heterocycles. The van der Waals surface area contributed by atoms with Crippen molar-refractivity contribution < 1.29 is 28.2 Å². The Hall–Kier alpha value is -2.50. The standard InChI is InChI=1S/C33H53N5O6S/c1-7-11-21(25(39)28(41)34-19-12-13-19)35-27(40)24-23-20(32(23,5)6)18-38(24)29(42)26(31(2,3)4)36-30(43)37-33(15-9-8-10-16-33)22-14-17-45(22)44/h19-24,26H,7-18H2,1-6H3,(H,34,41)(H,35,40)(H2,36,37,43)/t20-,21-,22-,23-,24-,26+,45?/m0/s1. The first kappa shape index (κ1) is 33.9. The molecule has 5 fully saturated rings. The van der Waals surface area contributed by atoms with Gasteiger partial charge in [-0.1, -0.05) is 67.2 Å². The summed E-state index contributed by atoms with van der Waals surface area (Å²) in [7, 11) is -0.965. The topological polar surface area (TPSA) is 154 Å². The summed E-state index contributed by atoms with van der Waals surface area (Å²) in [5.41, 5.74) is -1.36. The van der Waals surface area contributed by atoms with Gasteiger partial charge < -0.3 is 26.2 Å². The zero-order valence-corrected chi connectivity index (χ0v) is 28.6. The lowest BCUT2D eigenvalue weighted by Gasteiger charge is -2.47. The van der Waals surface area contributed by atoms with Crippen molar-refractivity contribution in [1.29, 1.82) is 0 Å². The van der Waals surface area contributed by atoms with Crippen LogP contribution in [0.3, 0.4) is 0 Å². The Morgan fingerprint density at radius 3 is 2.18 bits per heavy atom. The number of amides is 5. The van der Waals surface area contributed by atoms with Gasteiger partial charge in [0.25, 0.3) is 5.91 Å². The Kier molecular flexibility index (Phi) is 9.48. The second-order valence-corrected chi connectivity index (χ2v) is 17.6. The van der Waals surface area contributed by atoms with E-state index in [1.807, 2.05) is 27.7 Å². The molecule has 252 valence electrons. The maximum atomic E-state index is 14.4. The summed E-state index contributed by atoms with van der Waals surface area (Å²) in [6.45, 7) is 12.1. The lowest BCUT2D eigenvalue weighted by Crippen LogP contribution is -2.66. The number of hydrogen-bond acceptors (Lipinski definition) is 6. The fraction of sp³-hybridized carbons (Fsp3) is 0.848. The van der Waals surface area contributed by atoms with E-state index in [0.29, 0.717) is 25.1 Å². The van der Waals surface area contributed by atoms with Crippen LogP contribution in [0, 0.1) is 22.7 Å². The first-order valence-electron chi connectivity index (χ1n) is 17.0. The van der Waals surface area contributed by atoms with Crippen LogP contribution in [0.4, 0.5) is 4.79 Å². The Labute approximate surface area is 270 Å². The molecule has 3 saturated carbocycles. The summed E-state index contributed by atoms with van der Waals surface area (Å²) in [5, 5.41) is 11.7. The van der Waals surface area contributed by atoms with E-state index < -0.39 is 63.5 Å². The molecule has 0 aromatic rings. The van der Waals surface area contributed by atoms with Crippen molar-refractivity contribution in [2.45, 2.75) is 141 Å². The second kappa shape index (κ2) is 12.6. The van der Waals surface area contributed by atoms with Crippen LogP contribution in [-0.4, -0.2) is 85.9 Å². The third-order valence-corrected chi connectivity index (χ3v) is 13.1. The van der Waals surface area contributed by atoms with E-state index in [0.717, 1.165) is 51.4 Å². The highest BCUT2D eigenvalue weighted by Gasteiger charge is 2.70. The number of Topliss-reactive ketones (excluding diaryl/α,β-unsaturated/α-hetero) is 1. The molecule has 2 aliphatic heterocycles. The Morgan fingerprint density at radius 1 is 0.978 bits per heavy atom. The number of nitrogens with one attached hydrogen (secondary N) is 4. The summed E-state index contributed by atoms with van der Waals surface area (Å²) >= 11 is 0. The lowest BCUT2D eigenvalue weighted by molar-refractivity contribution is -0.145. The minimum Gasteiger partial charge on any atom is -0.347 e. The number of fused-ring (bicyclic) bond motifs is 1. The van der Waals surface area contributed by atoms with Crippen LogP contribution in [0.2, 0.25) is 0 Å². The maximum Gasteiger partial charge on any atom is 0.315 e. The lowest BCUT2D eigenvalue weighted by atomic mass is 9.78. The van der Waals surface area contributed by atoms with E-state index in [9.17, 15) is 28.2 Å². The number of likely N-dealkylation sites (tertiary alicyclic amines) is 1. The molecule has 0 radical (unpaired) electrons. The third kappa shape index (κ3) is 6.81. The molecule has 11 nitrogen and oxygen atoms in total. The zero-order valence-electron chi connectivity index (χ0n) is 27.8. The predicted octanol–water partition coefficient (Wildman–Crippen LogP) is 2.54. The fourth-order valence-corrected chi connectivity index (χ4v) is 9.51. The van der Waals surface area contributed by atoms with Gasteiger partial charge in [-0.2, -0.15) is 0 Å². The van der Waals surface area contributed by atoms with Crippen molar-refractivity contribution in [1.82, 2.24) is 26.2 Å². The zero-order chi connectivity index (χ0) is 32.9. The number of hydrogen-bond donors (Lipinski definition) is 4. The first-order chi connectivity index (χ1) is 21.1. The smallest absolute Gasteiger partial charge is 0.315 e. The molecule has 2 heterocycles. The van der Waals surface area contributed by atoms with Gasteiger partial charge in [0.1, 0.15) is 12.1 Å². The number of piperidine rings is 1. The van der Waals surface area contributed by atoms with Crippen molar-refractivity contribution in [3.05, 3.63) is 0 Å².